The standard InChI is InChI=1S/C20H30O5/c1-12-4-7-16-19(2,9-8-17(23)20(16,3)11-21)14(12)6-5-13-15(22)10-25-18(13)24/h5,14-17,21-23H,1,4,6-11H2,2-3H3/b13-5-/t14-,15-,16+,17+,19-,20+/m1/s1. The van der Waals surface area contributed by atoms with E-state index in [-0.39, 0.29) is 30.5 Å². The Hall–Kier alpha value is -1.17. The van der Waals surface area contributed by atoms with Crippen LogP contribution in [0.5, 0.6) is 0 Å². The highest BCUT2D eigenvalue weighted by Gasteiger charge is 2.57. The molecule has 0 unspecified atom stereocenters. The minimum Gasteiger partial charge on any atom is -0.459 e. The van der Waals surface area contributed by atoms with Crippen LogP contribution in [-0.4, -0.2) is 46.7 Å². The molecule has 0 bridgehead atoms. The van der Waals surface area contributed by atoms with Gasteiger partial charge in [-0.15, -0.1) is 0 Å². The largest absolute Gasteiger partial charge is 0.459 e. The van der Waals surface area contributed by atoms with E-state index < -0.39 is 23.6 Å². The van der Waals surface area contributed by atoms with Crippen molar-refractivity contribution in [1.82, 2.24) is 0 Å². The summed E-state index contributed by atoms with van der Waals surface area (Å²) in [6, 6.07) is 0. The van der Waals surface area contributed by atoms with Gasteiger partial charge in [-0.2, -0.15) is 0 Å². The van der Waals surface area contributed by atoms with Crippen LogP contribution in [0.2, 0.25) is 0 Å². The first-order valence-electron chi connectivity index (χ1n) is 9.26. The third-order valence-electron chi connectivity index (χ3n) is 7.23. The summed E-state index contributed by atoms with van der Waals surface area (Å²) in [5, 5.41) is 30.4. The Morgan fingerprint density at radius 2 is 2.04 bits per heavy atom. The van der Waals surface area contributed by atoms with E-state index in [2.05, 4.69) is 13.5 Å². The van der Waals surface area contributed by atoms with Crippen LogP contribution in [0.1, 0.15) is 46.0 Å². The fourth-order valence-corrected chi connectivity index (χ4v) is 5.56. The molecule has 0 amide bonds. The molecular formula is C20H30O5. The van der Waals surface area contributed by atoms with Crippen LogP contribution in [0.15, 0.2) is 23.8 Å². The molecule has 6 atom stereocenters. The van der Waals surface area contributed by atoms with E-state index in [4.69, 9.17) is 4.74 Å². The van der Waals surface area contributed by atoms with Crippen molar-refractivity contribution in [2.24, 2.45) is 22.7 Å². The predicted octanol–water partition coefficient (Wildman–Crippen LogP) is 1.96. The fourth-order valence-electron chi connectivity index (χ4n) is 5.56. The first-order chi connectivity index (χ1) is 11.7. The maximum absolute atomic E-state index is 11.8. The van der Waals surface area contributed by atoms with Gasteiger partial charge in [0.15, 0.2) is 0 Å². The highest BCUT2D eigenvalue weighted by Crippen LogP contribution is 2.61. The first-order valence-corrected chi connectivity index (χ1v) is 9.26. The van der Waals surface area contributed by atoms with E-state index in [1.54, 1.807) is 0 Å². The zero-order valence-corrected chi connectivity index (χ0v) is 15.2. The van der Waals surface area contributed by atoms with Gasteiger partial charge < -0.3 is 20.1 Å². The minimum atomic E-state index is -0.844. The van der Waals surface area contributed by atoms with E-state index in [0.29, 0.717) is 18.4 Å². The van der Waals surface area contributed by atoms with Gasteiger partial charge in [0, 0.05) is 5.41 Å². The van der Waals surface area contributed by atoms with Crippen LogP contribution in [0.4, 0.5) is 0 Å². The van der Waals surface area contributed by atoms with Crippen LogP contribution in [0.3, 0.4) is 0 Å². The third kappa shape index (κ3) is 2.86. The van der Waals surface area contributed by atoms with Gasteiger partial charge in [-0.05, 0) is 49.4 Å². The molecule has 5 heteroatoms. The van der Waals surface area contributed by atoms with Crippen LogP contribution in [-0.2, 0) is 9.53 Å². The molecule has 1 saturated heterocycles. The lowest BCUT2D eigenvalue weighted by Gasteiger charge is -2.59. The molecule has 25 heavy (non-hydrogen) atoms. The molecule has 0 aromatic heterocycles. The lowest BCUT2D eigenvalue weighted by molar-refractivity contribution is -0.151. The molecule has 2 saturated carbocycles. The maximum atomic E-state index is 11.8. The highest BCUT2D eigenvalue weighted by molar-refractivity contribution is 5.91. The number of aliphatic hydroxyl groups excluding tert-OH is 3. The summed E-state index contributed by atoms with van der Waals surface area (Å²) in [4.78, 5) is 11.8. The number of aliphatic hydroxyl groups is 3. The molecule has 5 nitrogen and oxygen atoms in total. The molecule has 0 radical (unpaired) electrons. The average Bonchev–Trinajstić information content (AvgIpc) is 2.89. The van der Waals surface area contributed by atoms with Crippen molar-refractivity contribution in [3.63, 3.8) is 0 Å². The van der Waals surface area contributed by atoms with E-state index in [1.807, 2.05) is 13.0 Å². The van der Waals surface area contributed by atoms with Gasteiger partial charge in [0.05, 0.1) is 18.3 Å². The number of rotatable bonds is 3. The molecule has 0 aromatic rings. The molecule has 1 aliphatic heterocycles. The van der Waals surface area contributed by atoms with Gasteiger partial charge in [-0.3, -0.25) is 0 Å². The zero-order valence-electron chi connectivity index (χ0n) is 15.2. The topological polar surface area (TPSA) is 87.0 Å². The van der Waals surface area contributed by atoms with E-state index >= 15 is 0 Å². The number of carbonyl (C=O) groups is 1. The molecule has 0 aromatic carbocycles. The van der Waals surface area contributed by atoms with E-state index in [0.717, 1.165) is 24.8 Å². The Morgan fingerprint density at radius 3 is 2.64 bits per heavy atom. The van der Waals surface area contributed by atoms with Crippen LogP contribution >= 0.6 is 0 Å². The molecule has 3 aliphatic rings. The van der Waals surface area contributed by atoms with Crippen LogP contribution < -0.4 is 0 Å². The van der Waals surface area contributed by atoms with Gasteiger partial charge in [-0.25, -0.2) is 4.79 Å². The molecule has 2 aliphatic carbocycles. The van der Waals surface area contributed by atoms with Crippen molar-refractivity contribution in [1.29, 1.82) is 0 Å². The van der Waals surface area contributed by atoms with Gasteiger partial charge in [-0.1, -0.05) is 32.1 Å². The molecule has 0 spiro atoms. The van der Waals surface area contributed by atoms with Gasteiger partial charge >= 0.3 is 5.97 Å². The quantitative estimate of drug-likeness (QED) is 0.411. The number of fused-ring (bicyclic) bond motifs is 1. The van der Waals surface area contributed by atoms with Crippen molar-refractivity contribution in [3.05, 3.63) is 23.8 Å². The summed E-state index contributed by atoms with van der Waals surface area (Å²) >= 11 is 0. The lowest BCUT2D eigenvalue weighted by atomic mass is 9.46. The first kappa shape index (κ1) is 18.6. The molecule has 140 valence electrons. The normalized spacial score (nSPS) is 46.2. The molecular weight excluding hydrogens is 320 g/mol. The number of ether oxygens (including phenoxy) is 1. The number of hydrogen-bond acceptors (Lipinski definition) is 5. The Kier molecular flexibility index (Phi) is 4.86. The molecule has 3 N–H and O–H groups in total. The van der Waals surface area contributed by atoms with Crippen LogP contribution in [0.25, 0.3) is 0 Å². The van der Waals surface area contributed by atoms with Gasteiger partial charge in [0.25, 0.3) is 0 Å². The van der Waals surface area contributed by atoms with Gasteiger partial charge in [0.1, 0.15) is 12.7 Å². The van der Waals surface area contributed by atoms with Crippen LogP contribution in [0, 0.1) is 22.7 Å². The number of hydrogen-bond donors (Lipinski definition) is 3. The zero-order chi connectivity index (χ0) is 18.4. The monoisotopic (exact) mass is 350 g/mol. The van der Waals surface area contributed by atoms with Crippen molar-refractivity contribution < 1.29 is 24.9 Å². The smallest absolute Gasteiger partial charge is 0.336 e. The Bertz CT molecular complexity index is 597. The maximum Gasteiger partial charge on any atom is 0.336 e. The van der Waals surface area contributed by atoms with Crippen molar-refractivity contribution in [2.75, 3.05) is 13.2 Å². The second-order valence-electron chi connectivity index (χ2n) is 8.54. The summed E-state index contributed by atoms with van der Waals surface area (Å²) in [7, 11) is 0. The predicted molar refractivity (Wildman–Crippen MR) is 93.6 cm³/mol. The lowest BCUT2D eigenvalue weighted by Crippen LogP contribution is -2.57. The SMILES string of the molecule is C=C1CC[C@H]2[C@](C)(CC[C@H](O)[C@@]2(C)CO)[C@@H]1C/C=C1\C(=O)OC[C@H]1O. The van der Waals surface area contributed by atoms with Crippen molar-refractivity contribution in [2.45, 2.75) is 58.2 Å². The Labute approximate surface area is 149 Å². The molecule has 3 rings (SSSR count). The van der Waals surface area contributed by atoms with Gasteiger partial charge in [0.2, 0.25) is 0 Å². The number of carbonyl (C=O) groups excluding carboxylic acids is 1. The molecule has 1 heterocycles. The highest BCUT2D eigenvalue weighted by atomic mass is 16.6. The summed E-state index contributed by atoms with van der Waals surface area (Å²) in [6.45, 7) is 8.50. The summed E-state index contributed by atoms with van der Waals surface area (Å²) in [5.41, 5.74) is 0.911. The number of allylic oxidation sites excluding steroid dienone is 2. The fraction of sp³-hybridized carbons (Fsp3) is 0.750. The van der Waals surface area contributed by atoms with Crippen molar-refractivity contribution >= 4 is 5.97 Å². The summed E-state index contributed by atoms with van der Waals surface area (Å²) in [6.07, 6.45) is 4.42. The van der Waals surface area contributed by atoms with Crippen molar-refractivity contribution in [3.8, 4) is 0 Å². The number of cyclic esters (lactones) is 1. The average molecular weight is 350 g/mol. The molecule has 3 fully saturated rings. The minimum absolute atomic E-state index is 0.0280. The third-order valence-corrected chi connectivity index (χ3v) is 7.23. The van der Waals surface area contributed by atoms with E-state index in [9.17, 15) is 20.1 Å². The second-order valence-corrected chi connectivity index (χ2v) is 8.54. The summed E-state index contributed by atoms with van der Waals surface area (Å²) in [5.74, 6) is -0.0734. The summed E-state index contributed by atoms with van der Waals surface area (Å²) < 4.78 is 4.90. The van der Waals surface area contributed by atoms with E-state index in [1.165, 1.54) is 0 Å². The number of esters is 1. The Balaban J connectivity index is 1.89. The second kappa shape index (κ2) is 6.53. The Morgan fingerprint density at radius 1 is 1.32 bits per heavy atom.